The number of ether oxygens (including phenoxy) is 2. The summed E-state index contributed by atoms with van der Waals surface area (Å²) in [6.07, 6.45) is 3.34. The van der Waals surface area contributed by atoms with E-state index in [4.69, 9.17) is 14.6 Å². The number of aliphatic carboxylic acids is 1. The molecule has 0 radical (unpaired) electrons. The number of carboxylic acids is 1. The predicted molar refractivity (Wildman–Crippen MR) is 93.2 cm³/mol. The van der Waals surface area contributed by atoms with Crippen molar-refractivity contribution in [1.29, 1.82) is 0 Å². The van der Waals surface area contributed by atoms with Gasteiger partial charge in [0.05, 0.1) is 7.11 Å². The van der Waals surface area contributed by atoms with Crippen LogP contribution in [0.15, 0.2) is 48.0 Å². The summed E-state index contributed by atoms with van der Waals surface area (Å²) in [4.78, 5) is 23.2. The van der Waals surface area contributed by atoms with Crippen LogP contribution in [0.2, 0.25) is 0 Å². The number of carbonyl (C=O) groups excluding carboxylic acids is 1. The highest BCUT2D eigenvalue weighted by Gasteiger charge is 2.22. The number of methoxy groups -OCH3 is 1. The Hall–Kier alpha value is -3.08. The van der Waals surface area contributed by atoms with Gasteiger partial charge in [0.15, 0.2) is 12.4 Å². The average molecular weight is 338 g/mol. The highest BCUT2D eigenvalue weighted by Crippen LogP contribution is 2.29. The first kappa shape index (κ1) is 16.8. The van der Waals surface area contributed by atoms with Gasteiger partial charge in [-0.15, -0.1) is 0 Å². The van der Waals surface area contributed by atoms with Crippen molar-refractivity contribution in [3.63, 3.8) is 0 Å². The number of carbonyl (C=O) groups is 2. The number of allylic oxidation sites excluding steroid dienone is 1. The van der Waals surface area contributed by atoms with Gasteiger partial charge in [0.1, 0.15) is 11.5 Å². The smallest absolute Gasteiger partial charge is 0.341 e. The van der Waals surface area contributed by atoms with Crippen molar-refractivity contribution in [2.75, 3.05) is 13.7 Å². The molecule has 0 amide bonds. The van der Waals surface area contributed by atoms with E-state index in [-0.39, 0.29) is 12.4 Å². The Labute approximate surface area is 145 Å². The summed E-state index contributed by atoms with van der Waals surface area (Å²) in [5, 5.41) is 8.61. The zero-order valence-electron chi connectivity index (χ0n) is 13.8. The maximum absolute atomic E-state index is 12.7. The molecule has 0 saturated carbocycles. The summed E-state index contributed by atoms with van der Waals surface area (Å²) in [6, 6.07) is 12.5. The van der Waals surface area contributed by atoms with Gasteiger partial charge in [0, 0.05) is 11.1 Å². The van der Waals surface area contributed by atoms with Gasteiger partial charge < -0.3 is 14.6 Å². The van der Waals surface area contributed by atoms with E-state index in [0.29, 0.717) is 12.2 Å². The maximum atomic E-state index is 12.7. The van der Waals surface area contributed by atoms with Crippen LogP contribution in [-0.2, 0) is 11.2 Å². The molecule has 0 aliphatic heterocycles. The first-order valence-corrected chi connectivity index (χ1v) is 7.93. The molecule has 5 heteroatoms. The summed E-state index contributed by atoms with van der Waals surface area (Å²) >= 11 is 0. The SMILES string of the molecule is COc1ccc2c(c1)CC/C(=C\c1ccc(OCC(=O)O)cc1)C2=O. The molecule has 0 atom stereocenters. The number of Topliss-reactive ketones (excluding diaryl/α,β-unsaturated/α-hetero) is 1. The number of ketones is 1. The molecule has 1 aliphatic carbocycles. The number of rotatable bonds is 5. The Balaban J connectivity index is 1.77. The molecule has 5 nitrogen and oxygen atoms in total. The lowest BCUT2D eigenvalue weighted by Gasteiger charge is -2.18. The van der Waals surface area contributed by atoms with Gasteiger partial charge in [-0.2, -0.15) is 0 Å². The minimum Gasteiger partial charge on any atom is -0.497 e. The first-order valence-electron chi connectivity index (χ1n) is 7.93. The van der Waals surface area contributed by atoms with Gasteiger partial charge in [0.2, 0.25) is 0 Å². The van der Waals surface area contributed by atoms with Crippen LogP contribution >= 0.6 is 0 Å². The Morgan fingerprint density at radius 1 is 1.12 bits per heavy atom. The van der Waals surface area contributed by atoms with Crippen LogP contribution in [0.3, 0.4) is 0 Å². The van der Waals surface area contributed by atoms with Crippen LogP contribution in [0.4, 0.5) is 0 Å². The van der Waals surface area contributed by atoms with E-state index in [1.165, 1.54) is 0 Å². The zero-order chi connectivity index (χ0) is 17.8. The molecular formula is C20H18O5. The van der Waals surface area contributed by atoms with E-state index in [9.17, 15) is 9.59 Å². The van der Waals surface area contributed by atoms with Crippen LogP contribution < -0.4 is 9.47 Å². The molecule has 1 aliphatic rings. The molecule has 25 heavy (non-hydrogen) atoms. The highest BCUT2D eigenvalue weighted by molar-refractivity contribution is 6.13. The van der Waals surface area contributed by atoms with Crippen molar-refractivity contribution in [3.05, 3.63) is 64.7 Å². The van der Waals surface area contributed by atoms with E-state index in [0.717, 1.165) is 34.4 Å². The van der Waals surface area contributed by atoms with Gasteiger partial charge in [0.25, 0.3) is 0 Å². The Kier molecular flexibility index (Phi) is 4.84. The Bertz CT molecular complexity index is 834. The summed E-state index contributed by atoms with van der Waals surface area (Å²) in [5.74, 6) is 0.261. The number of benzene rings is 2. The fourth-order valence-electron chi connectivity index (χ4n) is 2.83. The van der Waals surface area contributed by atoms with Crippen LogP contribution in [-0.4, -0.2) is 30.6 Å². The van der Waals surface area contributed by atoms with Gasteiger partial charge in [-0.3, -0.25) is 4.79 Å². The summed E-state index contributed by atoms with van der Waals surface area (Å²) in [5.41, 5.74) is 3.37. The van der Waals surface area contributed by atoms with Crippen molar-refractivity contribution >= 4 is 17.8 Å². The van der Waals surface area contributed by atoms with Crippen molar-refractivity contribution < 1.29 is 24.2 Å². The second-order valence-electron chi connectivity index (χ2n) is 5.77. The molecule has 0 bridgehead atoms. The molecule has 2 aromatic rings. The number of aryl methyl sites for hydroxylation is 1. The number of hydrogen-bond donors (Lipinski definition) is 1. The van der Waals surface area contributed by atoms with Crippen molar-refractivity contribution in [2.45, 2.75) is 12.8 Å². The van der Waals surface area contributed by atoms with Gasteiger partial charge in [-0.1, -0.05) is 12.1 Å². The molecular weight excluding hydrogens is 320 g/mol. The lowest BCUT2D eigenvalue weighted by molar-refractivity contribution is -0.139. The molecule has 1 N–H and O–H groups in total. The van der Waals surface area contributed by atoms with Crippen LogP contribution in [0.5, 0.6) is 11.5 Å². The van der Waals surface area contributed by atoms with E-state index >= 15 is 0 Å². The Morgan fingerprint density at radius 3 is 2.52 bits per heavy atom. The first-order chi connectivity index (χ1) is 12.1. The molecule has 128 valence electrons. The monoisotopic (exact) mass is 338 g/mol. The minimum atomic E-state index is -1.02. The Morgan fingerprint density at radius 2 is 1.84 bits per heavy atom. The van der Waals surface area contributed by atoms with Gasteiger partial charge in [-0.05, 0) is 60.4 Å². The molecule has 0 unspecified atom stereocenters. The predicted octanol–water partition coefficient (Wildman–Crippen LogP) is 3.37. The molecule has 0 aromatic heterocycles. The normalized spacial score (nSPS) is 14.9. The molecule has 2 aromatic carbocycles. The fraction of sp³-hybridized carbons (Fsp3) is 0.200. The molecule has 0 heterocycles. The third-order valence-electron chi connectivity index (χ3n) is 4.10. The maximum Gasteiger partial charge on any atom is 0.341 e. The largest absolute Gasteiger partial charge is 0.497 e. The third kappa shape index (κ3) is 3.88. The van der Waals surface area contributed by atoms with Crippen molar-refractivity contribution in [3.8, 4) is 11.5 Å². The molecule has 0 fully saturated rings. The van der Waals surface area contributed by atoms with Crippen LogP contribution in [0, 0.1) is 0 Å². The minimum absolute atomic E-state index is 0.0371. The average Bonchev–Trinajstić information content (AvgIpc) is 2.63. The van der Waals surface area contributed by atoms with Crippen LogP contribution in [0.1, 0.15) is 27.9 Å². The van der Waals surface area contributed by atoms with E-state index < -0.39 is 5.97 Å². The topological polar surface area (TPSA) is 72.8 Å². The lowest BCUT2D eigenvalue weighted by Crippen LogP contribution is -2.14. The lowest BCUT2D eigenvalue weighted by atomic mass is 9.86. The summed E-state index contributed by atoms with van der Waals surface area (Å²) < 4.78 is 10.3. The van der Waals surface area contributed by atoms with Crippen molar-refractivity contribution in [1.82, 2.24) is 0 Å². The zero-order valence-corrected chi connectivity index (χ0v) is 13.8. The molecule has 0 spiro atoms. The number of hydrogen-bond acceptors (Lipinski definition) is 4. The summed E-state index contributed by atoms with van der Waals surface area (Å²) in [6.45, 7) is -0.376. The summed E-state index contributed by atoms with van der Waals surface area (Å²) in [7, 11) is 1.61. The quantitative estimate of drug-likeness (QED) is 0.846. The number of fused-ring (bicyclic) bond motifs is 1. The van der Waals surface area contributed by atoms with E-state index in [1.54, 1.807) is 37.4 Å². The van der Waals surface area contributed by atoms with Gasteiger partial charge >= 0.3 is 5.97 Å². The highest BCUT2D eigenvalue weighted by atomic mass is 16.5. The van der Waals surface area contributed by atoms with E-state index in [1.807, 2.05) is 18.2 Å². The molecule has 0 saturated heterocycles. The standard InChI is InChI=1S/C20H18O5/c1-24-17-8-9-18-14(11-17)4-5-15(20(18)23)10-13-2-6-16(7-3-13)25-12-19(21)22/h2-3,6-11H,4-5,12H2,1H3,(H,21,22)/b15-10+. The van der Waals surface area contributed by atoms with Crippen LogP contribution in [0.25, 0.3) is 6.08 Å². The van der Waals surface area contributed by atoms with Crippen molar-refractivity contribution in [2.24, 2.45) is 0 Å². The fourth-order valence-corrected chi connectivity index (χ4v) is 2.83. The second-order valence-corrected chi connectivity index (χ2v) is 5.77. The second kappa shape index (κ2) is 7.21. The third-order valence-corrected chi connectivity index (χ3v) is 4.10. The number of carboxylic acid groups (broad SMARTS) is 1. The van der Waals surface area contributed by atoms with E-state index in [2.05, 4.69) is 0 Å². The van der Waals surface area contributed by atoms with Gasteiger partial charge in [-0.25, -0.2) is 4.79 Å². The molecule has 3 rings (SSSR count).